The summed E-state index contributed by atoms with van der Waals surface area (Å²) in [5, 5.41) is 20.2. The largest absolute Gasteiger partial charge is 0.490 e. The molecule has 1 aliphatic rings. The van der Waals surface area contributed by atoms with Gasteiger partial charge in [-0.25, -0.2) is 18.2 Å². The van der Waals surface area contributed by atoms with Crippen LogP contribution in [0.25, 0.3) is 0 Å². The predicted octanol–water partition coefficient (Wildman–Crippen LogP) is 1.40. The number of sulfonamides is 1. The number of carbonyl (C=O) groups is 1. The first-order chi connectivity index (χ1) is 14.5. The van der Waals surface area contributed by atoms with E-state index in [0.29, 0.717) is 18.0 Å². The minimum Gasteiger partial charge on any atom is -0.475 e. The summed E-state index contributed by atoms with van der Waals surface area (Å²) < 4.78 is 65.4. The monoisotopic (exact) mass is 461 g/mol. The van der Waals surface area contributed by atoms with Gasteiger partial charge < -0.3 is 9.84 Å². The van der Waals surface area contributed by atoms with Crippen LogP contribution in [-0.4, -0.2) is 63.1 Å². The Bertz CT molecular complexity index is 1050. The Kier molecular flexibility index (Phi) is 7.58. The third-order valence-electron chi connectivity index (χ3n) is 4.08. The van der Waals surface area contributed by atoms with E-state index in [-0.39, 0.29) is 18.8 Å². The molecule has 0 aromatic carbocycles. The molecule has 0 saturated heterocycles. The molecule has 1 aliphatic heterocycles. The lowest BCUT2D eigenvalue weighted by atomic mass is 10.3. The first-order valence-corrected chi connectivity index (χ1v) is 10.4. The van der Waals surface area contributed by atoms with Crippen LogP contribution >= 0.6 is 0 Å². The fraction of sp³-hybridized carbons (Fsp3) is 0.412. The molecule has 0 radical (unpaired) electrons. The zero-order chi connectivity index (χ0) is 23.2. The molecule has 0 spiro atoms. The quantitative estimate of drug-likeness (QED) is 0.721. The van der Waals surface area contributed by atoms with Gasteiger partial charge in [0.05, 0.1) is 36.6 Å². The summed E-state index contributed by atoms with van der Waals surface area (Å²) in [6.07, 6.45) is -2.44. The van der Waals surface area contributed by atoms with Crippen molar-refractivity contribution in [3.8, 4) is 11.9 Å². The fourth-order valence-corrected chi connectivity index (χ4v) is 3.63. The van der Waals surface area contributed by atoms with Crippen molar-refractivity contribution in [3.05, 3.63) is 41.9 Å². The maximum Gasteiger partial charge on any atom is 0.490 e. The van der Waals surface area contributed by atoms with Crippen molar-refractivity contribution in [3.63, 3.8) is 0 Å². The predicted molar refractivity (Wildman–Crippen MR) is 99.2 cm³/mol. The number of hydrogen-bond donors (Lipinski definition) is 1. The lowest BCUT2D eigenvalue weighted by Crippen LogP contribution is -2.39. The van der Waals surface area contributed by atoms with Crippen molar-refractivity contribution < 1.29 is 36.2 Å². The fourth-order valence-electron chi connectivity index (χ4n) is 2.54. The summed E-state index contributed by atoms with van der Waals surface area (Å²) in [7, 11) is -3.35. The van der Waals surface area contributed by atoms with Gasteiger partial charge in [0.1, 0.15) is 12.2 Å². The van der Waals surface area contributed by atoms with Crippen molar-refractivity contribution in [1.29, 1.82) is 5.26 Å². The van der Waals surface area contributed by atoms with Gasteiger partial charge in [-0.1, -0.05) is 0 Å². The van der Waals surface area contributed by atoms with Gasteiger partial charge in [0, 0.05) is 18.5 Å². The second-order valence-electron chi connectivity index (χ2n) is 6.24. The molecule has 0 amide bonds. The highest BCUT2D eigenvalue weighted by Gasteiger charge is 2.38. The van der Waals surface area contributed by atoms with Crippen molar-refractivity contribution in [2.24, 2.45) is 0 Å². The summed E-state index contributed by atoms with van der Waals surface area (Å²) in [4.78, 5) is 13.0. The normalized spacial score (nSPS) is 16.8. The highest BCUT2D eigenvalue weighted by Crippen LogP contribution is 2.19. The molecule has 0 aliphatic carbocycles. The zero-order valence-electron chi connectivity index (χ0n) is 16.2. The molecule has 14 heteroatoms. The van der Waals surface area contributed by atoms with Crippen LogP contribution in [0.3, 0.4) is 0 Å². The number of aromatic nitrogens is 3. The number of carboxylic acids is 1. The minimum atomic E-state index is -5.08. The standard InChI is InChI=1S/C15H17N5O3S.C2HF3O2/c1-2-24(21,22)19-9-13-5-6-18-20(13)11-14(10-19)23-15-4-3-12(7-16)8-17-15;3-2(4,5)1(6)7/h3-6,8,14H,2,9-11H2,1H3;(H,6,7). The van der Waals surface area contributed by atoms with Crippen LogP contribution in [0.4, 0.5) is 13.2 Å². The molecule has 0 saturated carbocycles. The number of halogens is 3. The number of ether oxygens (including phenoxy) is 1. The van der Waals surface area contributed by atoms with Crippen LogP contribution in [0.2, 0.25) is 0 Å². The Labute approximate surface area is 175 Å². The number of nitriles is 1. The van der Waals surface area contributed by atoms with E-state index in [1.165, 1.54) is 10.5 Å². The van der Waals surface area contributed by atoms with Gasteiger partial charge in [-0.05, 0) is 19.1 Å². The van der Waals surface area contributed by atoms with Crippen molar-refractivity contribution >= 4 is 16.0 Å². The Morgan fingerprint density at radius 1 is 1.35 bits per heavy atom. The molecule has 1 atom stereocenters. The molecular formula is C17H18F3N5O5S. The number of carboxylic acid groups (broad SMARTS) is 1. The zero-order valence-corrected chi connectivity index (χ0v) is 17.0. The number of aliphatic carboxylic acids is 1. The van der Waals surface area contributed by atoms with Crippen LogP contribution in [0, 0.1) is 11.3 Å². The lowest BCUT2D eigenvalue weighted by molar-refractivity contribution is -0.192. The van der Waals surface area contributed by atoms with Crippen LogP contribution in [0.1, 0.15) is 18.2 Å². The smallest absolute Gasteiger partial charge is 0.475 e. The van der Waals surface area contributed by atoms with E-state index >= 15 is 0 Å². The van der Waals surface area contributed by atoms with Crippen molar-refractivity contribution in [2.45, 2.75) is 32.3 Å². The number of nitrogens with zero attached hydrogens (tertiary/aromatic N) is 5. The molecule has 1 unspecified atom stereocenters. The van der Waals surface area contributed by atoms with Crippen LogP contribution in [0.15, 0.2) is 30.6 Å². The molecule has 2 aromatic rings. The Morgan fingerprint density at radius 2 is 2.03 bits per heavy atom. The van der Waals surface area contributed by atoms with Gasteiger partial charge in [0.2, 0.25) is 15.9 Å². The van der Waals surface area contributed by atoms with Crippen molar-refractivity contribution in [1.82, 2.24) is 19.1 Å². The van der Waals surface area contributed by atoms with Gasteiger partial charge >= 0.3 is 12.1 Å². The molecule has 168 valence electrons. The number of fused-ring (bicyclic) bond motifs is 1. The van der Waals surface area contributed by atoms with Crippen LogP contribution in [0.5, 0.6) is 5.88 Å². The molecule has 3 heterocycles. The highest BCUT2D eigenvalue weighted by atomic mass is 32.2. The highest BCUT2D eigenvalue weighted by molar-refractivity contribution is 7.89. The topological polar surface area (TPSA) is 138 Å². The third-order valence-corrected chi connectivity index (χ3v) is 5.87. The maximum atomic E-state index is 12.3. The molecule has 0 fully saturated rings. The summed E-state index contributed by atoms with van der Waals surface area (Å²) in [5.74, 6) is -2.38. The number of alkyl halides is 3. The Morgan fingerprint density at radius 3 is 2.55 bits per heavy atom. The van der Waals surface area contributed by atoms with Gasteiger partial charge in [0.25, 0.3) is 0 Å². The SMILES string of the molecule is CCS(=O)(=O)N1Cc2ccnn2CC(Oc2ccc(C#N)cn2)C1.O=C(O)C(F)(F)F. The second kappa shape index (κ2) is 9.75. The second-order valence-corrected chi connectivity index (χ2v) is 8.50. The molecule has 3 rings (SSSR count). The van der Waals surface area contributed by atoms with Gasteiger partial charge in [-0.3, -0.25) is 4.68 Å². The number of hydrogen-bond acceptors (Lipinski definition) is 7. The van der Waals surface area contributed by atoms with Crippen molar-refractivity contribution in [2.75, 3.05) is 12.3 Å². The Balaban J connectivity index is 0.000000423. The average Bonchev–Trinajstić information content (AvgIpc) is 3.06. The van der Waals surface area contributed by atoms with E-state index in [1.54, 1.807) is 36.0 Å². The molecule has 0 bridgehead atoms. The van der Waals surface area contributed by atoms with E-state index in [4.69, 9.17) is 19.9 Å². The third kappa shape index (κ3) is 6.66. The van der Waals surface area contributed by atoms with Gasteiger partial charge in [-0.2, -0.15) is 27.8 Å². The minimum absolute atomic E-state index is 0.0307. The first kappa shape index (κ1) is 24.1. The maximum absolute atomic E-state index is 12.3. The number of rotatable bonds is 4. The molecule has 2 aromatic heterocycles. The molecular weight excluding hydrogens is 443 g/mol. The summed E-state index contributed by atoms with van der Waals surface area (Å²) >= 11 is 0. The molecule has 31 heavy (non-hydrogen) atoms. The van der Waals surface area contributed by atoms with Crippen LogP contribution in [-0.2, 0) is 27.9 Å². The summed E-state index contributed by atoms with van der Waals surface area (Å²) in [5.41, 5.74) is 1.26. The number of pyridine rings is 1. The Hall–Kier alpha value is -3.18. The van der Waals surface area contributed by atoms with Crippen LogP contribution < -0.4 is 4.74 Å². The van der Waals surface area contributed by atoms with E-state index < -0.39 is 28.3 Å². The summed E-state index contributed by atoms with van der Waals surface area (Å²) in [6.45, 7) is 2.55. The van der Waals surface area contributed by atoms with Gasteiger partial charge in [0.15, 0.2) is 0 Å². The summed E-state index contributed by atoms with van der Waals surface area (Å²) in [6, 6.07) is 7.01. The first-order valence-electron chi connectivity index (χ1n) is 8.77. The van der Waals surface area contributed by atoms with Gasteiger partial charge in [-0.15, -0.1) is 0 Å². The average molecular weight is 461 g/mol. The van der Waals surface area contributed by atoms with E-state index in [2.05, 4.69) is 10.1 Å². The van der Waals surface area contributed by atoms with E-state index in [0.717, 1.165) is 5.69 Å². The lowest BCUT2D eigenvalue weighted by Gasteiger charge is -2.23. The van der Waals surface area contributed by atoms with E-state index in [1.807, 2.05) is 6.07 Å². The molecule has 10 nitrogen and oxygen atoms in total. The molecule has 1 N–H and O–H groups in total. The van der Waals surface area contributed by atoms with E-state index in [9.17, 15) is 21.6 Å².